The predicted molar refractivity (Wildman–Crippen MR) is 85.2 cm³/mol. The second kappa shape index (κ2) is 5.46. The zero-order valence-corrected chi connectivity index (χ0v) is 12.3. The topological polar surface area (TPSA) is 81.8 Å². The maximum atomic E-state index is 12.5. The fraction of sp³-hybridized carbons (Fsp3) is 0.375. The van der Waals surface area contributed by atoms with E-state index in [0.717, 1.165) is 49.3 Å². The molecule has 2 aromatic rings. The lowest BCUT2D eigenvalue weighted by Crippen LogP contribution is -2.25. The molecule has 1 aromatic carbocycles. The summed E-state index contributed by atoms with van der Waals surface area (Å²) in [5.74, 6) is -0.148. The molecule has 1 amide bonds. The van der Waals surface area contributed by atoms with Crippen LogP contribution in [0.25, 0.3) is 0 Å². The van der Waals surface area contributed by atoms with Crippen molar-refractivity contribution < 1.29 is 4.79 Å². The second-order valence-electron chi connectivity index (χ2n) is 5.81. The van der Waals surface area contributed by atoms with Gasteiger partial charge in [0.2, 0.25) is 0 Å². The standard InChI is InChI=1S/C16H19N5O/c22-16(15-12-9-17-7-5-14(12)20-21-15)19-11-3-4-13-10(8-11)2-1-6-18-13/h3-4,8,17-18H,1-2,5-7,9H2,(H,19,22)(H,20,21). The number of benzene rings is 1. The molecule has 4 N–H and O–H groups in total. The third-order valence-electron chi connectivity index (χ3n) is 4.32. The van der Waals surface area contributed by atoms with Gasteiger partial charge in [-0.15, -0.1) is 0 Å². The lowest BCUT2D eigenvalue weighted by atomic mass is 10.0. The molecule has 0 radical (unpaired) electrons. The molecule has 6 nitrogen and oxygen atoms in total. The van der Waals surface area contributed by atoms with Crippen molar-refractivity contribution in [2.24, 2.45) is 0 Å². The number of carbonyl (C=O) groups excluding carboxylic acids is 1. The second-order valence-corrected chi connectivity index (χ2v) is 5.81. The van der Waals surface area contributed by atoms with Crippen LogP contribution in [0.2, 0.25) is 0 Å². The number of nitrogens with one attached hydrogen (secondary N) is 4. The van der Waals surface area contributed by atoms with E-state index in [1.54, 1.807) is 0 Å². The Morgan fingerprint density at radius 2 is 2.18 bits per heavy atom. The normalized spacial score (nSPS) is 16.4. The van der Waals surface area contributed by atoms with Gasteiger partial charge in [-0.3, -0.25) is 9.89 Å². The number of nitrogens with zero attached hydrogens (tertiary/aromatic N) is 1. The monoisotopic (exact) mass is 297 g/mol. The van der Waals surface area contributed by atoms with E-state index in [0.29, 0.717) is 12.2 Å². The number of carbonyl (C=O) groups is 1. The number of anilines is 2. The summed E-state index contributed by atoms with van der Waals surface area (Å²) in [6, 6.07) is 6.02. The van der Waals surface area contributed by atoms with Crippen LogP contribution in [0.15, 0.2) is 18.2 Å². The first-order valence-electron chi connectivity index (χ1n) is 7.76. The smallest absolute Gasteiger partial charge is 0.276 e. The molecule has 0 bridgehead atoms. The van der Waals surface area contributed by atoms with Crippen LogP contribution in [0.1, 0.15) is 33.7 Å². The van der Waals surface area contributed by atoms with Gasteiger partial charge in [0.25, 0.3) is 5.91 Å². The molecule has 0 fully saturated rings. The Morgan fingerprint density at radius 1 is 1.23 bits per heavy atom. The molecule has 2 aliphatic rings. The molecule has 0 saturated heterocycles. The maximum absolute atomic E-state index is 12.5. The van der Waals surface area contributed by atoms with Gasteiger partial charge in [0.1, 0.15) is 0 Å². The first kappa shape index (κ1) is 13.3. The Labute approximate surface area is 128 Å². The molecule has 1 aromatic heterocycles. The van der Waals surface area contributed by atoms with Gasteiger partial charge in [-0.1, -0.05) is 0 Å². The van der Waals surface area contributed by atoms with Crippen molar-refractivity contribution in [2.75, 3.05) is 23.7 Å². The number of aromatic amines is 1. The Kier molecular flexibility index (Phi) is 3.31. The molecule has 22 heavy (non-hydrogen) atoms. The van der Waals surface area contributed by atoms with E-state index in [2.05, 4.69) is 32.2 Å². The number of amides is 1. The van der Waals surface area contributed by atoms with Gasteiger partial charge in [-0.05, 0) is 36.6 Å². The van der Waals surface area contributed by atoms with Crippen LogP contribution < -0.4 is 16.0 Å². The first-order valence-corrected chi connectivity index (χ1v) is 7.76. The number of hydrogen-bond acceptors (Lipinski definition) is 4. The van der Waals surface area contributed by atoms with Crippen LogP contribution in [0, 0.1) is 0 Å². The highest BCUT2D eigenvalue weighted by atomic mass is 16.1. The minimum absolute atomic E-state index is 0.148. The molecule has 2 aliphatic heterocycles. The molecule has 0 atom stereocenters. The van der Waals surface area contributed by atoms with Crippen molar-refractivity contribution in [3.05, 3.63) is 40.7 Å². The minimum Gasteiger partial charge on any atom is -0.385 e. The molecule has 4 rings (SSSR count). The van der Waals surface area contributed by atoms with Crippen LogP contribution >= 0.6 is 0 Å². The molecule has 0 unspecified atom stereocenters. The number of hydrogen-bond donors (Lipinski definition) is 4. The number of H-pyrrole nitrogens is 1. The maximum Gasteiger partial charge on any atom is 0.276 e. The van der Waals surface area contributed by atoms with Gasteiger partial charge in [0.15, 0.2) is 5.69 Å². The molecule has 0 spiro atoms. The van der Waals surface area contributed by atoms with Crippen LogP contribution in [0.5, 0.6) is 0 Å². The Hall–Kier alpha value is -2.34. The van der Waals surface area contributed by atoms with E-state index >= 15 is 0 Å². The van der Waals surface area contributed by atoms with Crippen molar-refractivity contribution in [1.29, 1.82) is 0 Å². The van der Waals surface area contributed by atoms with E-state index in [9.17, 15) is 4.79 Å². The Balaban J connectivity index is 1.56. The largest absolute Gasteiger partial charge is 0.385 e. The lowest BCUT2D eigenvalue weighted by Gasteiger charge is -2.19. The summed E-state index contributed by atoms with van der Waals surface area (Å²) in [7, 11) is 0. The summed E-state index contributed by atoms with van der Waals surface area (Å²) < 4.78 is 0. The van der Waals surface area contributed by atoms with Gasteiger partial charge < -0.3 is 16.0 Å². The summed E-state index contributed by atoms with van der Waals surface area (Å²) in [5, 5.41) is 16.8. The van der Waals surface area contributed by atoms with Gasteiger partial charge in [-0.2, -0.15) is 5.10 Å². The fourth-order valence-corrected chi connectivity index (χ4v) is 3.16. The average molecular weight is 297 g/mol. The van der Waals surface area contributed by atoms with Gasteiger partial charge >= 0.3 is 0 Å². The molecule has 114 valence electrons. The SMILES string of the molecule is O=C(Nc1ccc2c(c1)CCCN2)c1n[nH]c2c1CNCC2. The molecule has 6 heteroatoms. The lowest BCUT2D eigenvalue weighted by molar-refractivity contribution is 0.102. The summed E-state index contributed by atoms with van der Waals surface area (Å²) in [6.45, 7) is 2.64. The van der Waals surface area contributed by atoms with E-state index in [4.69, 9.17) is 0 Å². The Bertz CT molecular complexity index is 721. The zero-order chi connectivity index (χ0) is 14.9. The summed E-state index contributed by atoms with van der Waals surface area (Å²) in [4.78, 5) is 12.5. The summed E-state index contributed by atoms with van der Waals surface area (Å²) in [6.07, 6.45) is 3.07. The van der Waals surface area contributed by atoms with Gasteiger partial charge in [0, 0.05) is 48.7 Å². The highest BCUT2D eigenvalue weighted by molar-refractivity contribution is 6.04. The highest BCUT2D eigenvalue weighted by Crippen LogP contribution is 2.25. The third-order valence-corrected chi connectivity index (χ3v) is 4.32. The van der Waals surface area contributed by atoms with Gasteiger partial charge in [0.05, 0.1) is 0 Å². The van der Waals surface area contributed by atoms with Crippen molar-refractivity contribution in [2.45, 2.75) is 25.8 Å². The average Bonchev–Trinajstić information content (AvgIpc) is 2.99. The van der Waals surface area contributed by atoms with E-state index in [1.165, 1.54) is 11.3 Å². The van der Waals surface area contributed by atoms with Crippen molar-refractivity contribution >= 4 is 17.3 Å². The van der Waals surface area contributed by atoms with Crippen LogP contribution in [-0.4, -0.2) is 29.2 Å². The van der Waals surface area contributed by atoms with Crippen LogP contribution in [0.4, 0.5) is 11.4 Å². The zero-order valence-electron chi connectivity index (χ0n) is 12.3. The van der Waals surface area contributed by atoms with Crippen molar-refractivity contribution in [1.82, 2.24) is 15.5 Å². The molecular formula is C16H19N5O. The quantitative estimate of drug-likeness (QED) is 0.679. The fourth-order valence-electron chi connectivity index (χ4n) is 3.16. The predicted octanol–water partition coefficient (Wildman–Crippen LogP) is 1.67. The molecule has 0 saturated carbocycles. The molecule has 3 heterocycles. The van der Waals surface area contributed by atoms with Crippen molar-refractivity contribution in [3.63, 3.8) is 0 Å². The van der Waals surface area contributed by atoms with E-state index in [1.807, 2.05) is 12.1 Å². The highest BCUT2D eigenvalue weighted by Gasteiger charge is 2.21. The number of fused-ring (bicyclic) bond motifs is 2. The van der Waals surface area contributed by atoms with Crippen LogP contribution in [0.3, 0.4) is 0 Å². The van der Waals surface area contributed by atoms with E-state index < -0.39 is 0 Å². The van der Waals surface area contributed by atoms with E-state index in [-0.39, 0.29) is 5.91 Å². The molecule has 0 aliphatic carbocycles. The summed E-state index contributed by atoms with van der Waals surface area (Å²) >= 11 is 0. The third kappa shape index (κ3) is 2.35. The minimum atomic E-state index is -0.148. The van der Waals surface area contributed by atoms with Crippen molar-refractivity contribution in [3.8, 4) is 0 Å². The van der Waals surface area contributed by atoms with Crippen LogP contribution in [-0.2, 0) is 19.4 Å². The number of aromatic nitrogens is 2. The number of rotatable bonds is 2. The summed E-state index contributed by atoms with van der Waals surface area (Å²) in [5.41, 5.74) is 5.81. The van der Waals surface area contributed by atoms with Gasteiger partial charge in [-0.25, -0.2) is 0 Å². The first-order chi connectivity index (χ1) is 10.8. The molecular weight excluding hydrogens is 278 g/mol. The Morgan fingerprint density at radius 3 is 3.14 bits per heavy atom. The number of aryl methyl sites for hydroxylation is 1.